The average molecular weight is 251 g/mol. The van der Waals surface area contributed by atoms with Crippen LogP contribution in [0.25, 0.3) is 0 Å². The zero-order chi connectivity index (χ0) is 12.1. The van der Waals surface area contributed by atoms with Crippen LogP contribution in [0.1, 0.15) is 30.6 Å². The van der Waals surface area contributed by atoms with Gasteiger partial charge in [-0.05, 0) is 25.0 Å². The Labute approximate surface area is 105 Å². The summed E-state index contributed by atoms with van der Waals surface area (Å²) in [5.41, 5.74) is 0. The number of hydrogen-bond acceptors (Lipinski definition) is 5. The summed E-state index contributed by atoms with van der Waals surface area (Å²) in [4.78, 5) is 5.57. The molecule has 0 bridgehead atoms. The summed E-state index contributed by atoms with van der Waals surface area (Å²) in [6.45, 7) is 6.11. The molecule has 0 aliphatic carbocycles. The van der Waals surface area contributed by atoms with Crippen LogP contribution in [-0.4, -0.2) is 25.7 Å². The van der Waals surface area contributed by atoms with Gasteiger partial charge in [-0.1, -0.05) is 11.4 Å². The number of rotatable bonds is 6. The zero-order valence-electron chi connectivity index (χ0n) is 10.1. The molecule has 0 spiro atoms. The first-order valence-electron chi connectivity index (χ1n) is 5.85. The van der Waals surface area contributed by atoms with Crippen molar-refractivity contribution in [2.24, 2.45) is 0 Å². The summed E-state index contributed by atoms with van der Waals surface area (Å²) in [6, 6.07) is 0.257. The fourth-order valence-corrected chi connectivity index (χ4v) is 2.43. The number of imidazole rings is 1. The predicted octanol–water partition coefficient (Wildman–Crippen LogP) is 1.65. The highest BCUT2D eigenvalue weighted by molar-refractivity contribution is 7.05. The minimum atomic E-state index is 0.257. The van der Waals surface area contributed by atoms with Crippen molar-refractivity contribution in [3.8, 4) is 0 Å². The van der Waals surface area contributed by atoms with Crippen LogP contribution in [0, 0.1) is 0 Å². The van der Waals surface area contributed by atoms with Gasteiger partial charge in [0.15, 0.2) is 0 Å². The van der Waals surface area contributed by atoms with Crippen molar-refractivity contribution in [2.75, 3.05) is 6.54 Å². The van der Waals surface area contributed by atoms with Crippen LogP contribution in [-0.2, 0) is 13.0 Å². The Bertz CT molecular complexity index is 436. The van der Waals surface area contributed by atoms with Crippen molar-refractivity contribution in [1.82, 2.24) is 24.5 Å². The van der Waals surface area contributed by atoms with E-state index in [1.807, 2.05) is 18.6 Å². The van der Waals surface area contributed by atoms with Crippen molar-refractivity contribution in [3.05, 3.63) is 29.3 Å². The standard InChI is InChI=1S/C11H17N5S/c1-3-12-9(10-8-14-15-17-10)7-11-13-5-6-16(11)4-2/h5-6,8-9,12H,3-4,7H2,1-2H3. The van der Waals surface area contributed by atoms with E-state index >= 15 is 0 Å². The van der Waals surface area contributed by atoms with Crippen molar-refractivity contribution in [1.29, 1.82) is 0 Å². The molecule has 0 radical (unpaired) electrons. The highest BCUT2D eigenvalue weighted by Crippen LogP contribution is 2.19. The maximum Gasteiger partial charge on any atom is 0.110 e. The Morgan fingerprint density at radius 3 is 3.00 bits per heavy atom. The largest absolute Gasteiger partial charge is 0.335 e. The zero-order valence-corrected chi connectivity index (χ0v) is 10.9. The fourth-order valence-electron chi connectivity index (χ4n) is 1.85. The first-order valence-corrected chi connectivity index (χ1v) is 6.63. The molecule has 2 heterocycles. The third-order valence-corrected chi connectivity index (χ3v) is 3.48. The molecule has 1 atom stereocenters. The highest BCUT2D eigenvalue weighted by atomic mass is 32.1. The van der Waals surface area contributed by atoms with Crippen molar-refractivity contribution in [3.63, 3.8) is 0 Å². The molecule has 92 valence electrons. The van der Waals surface area contributed by atoms with Crippen molar-refractivity contribution < 1.29 is 0 Å². The van der Waals surface area contributed by atoms with Gasteiger partial charge >= 0.3 is 0 Å². The van der Waals surface area contributed by atoms with E-state index in [4.69, 9.17) is 0 Å². The number of likely N-dealkylation sites (N-methyl/N-ethyl adjacent to an activating group) is 1. The SMILES string of the molecule is CCNC(Cc1nccn1CC)c1cnns1. The van der Waals surface area contributed by atoms with Gasteiger partial charge in [-0.15, -0.1) is 5.10 Å². The van der Waals surface area contributed by atoms with E-state index < -0.39 is 0 Å². The van der Waals surface area contributed by atoms with E-state index in [1.54, 1.807) is 0 Å². The molecule has 17 heavy (non-hydrogen) atoms. The van der Waals surface area contributed by atoms with Gasteiger partial charge in [0.25, 0.3) is 0 Å². The van der Waals surface area contributed by atoms with Gasteiger partial charge in [0, 0.05) is 25.4 Å². The van der Waals surface area contributed by atoms with Crippen molar-refractivity contribution >= 4 is 11.5 Å². The smallest absolute Gasteiger partial charge is 0.110 e. The Morgan fingerprint density at radius 2 is 2.35 bits per heavy atom. The Balaban J connectivity index is 2.13. The maximum atomic E-state index is 4.41. The van der Waals surface area contributed by atoms with Gasteiger partial charge in [-0.2, -0.15) is 0 Å². The molecular formula is C11H17N5S. The Kier molecular flexibility index (Phi) is 4.22. The monoisotopic (exact) mass is 251 g/mol. The molecule has 0 saturated carbocycles. The molecule has 0 aliphatic rings. The maximum absolute atomic E-state index is 4.41. The number of nitrogens with zero attached hydrogens (tertiary/aromatic N) is 4. The number of aryl methyl sites for hydroxylation is 1. The van der Waals surface area contributed by atoms with Crippen LogP contribution < -0.4 is 5.32 Å². The third-order valence-electron chi connectivity index (χ3n) is 2.70. The molecule has 2 rings (SSSR count). The van der Waals surface area contributed by atoms with Crippen molar-refractivity contribution in [2.45, 2.75) is 32.9 Å². The van der Waals surface area contributed by atoms with Gasteiger partial charge in [0.1, 0.15) is 5.82 Å². The first kappa shape index (κ1) is 12.2. The lowest BCUT2D eigenvalue weighted by atomic mass is 10.1. The third kappa shape index (κ3) is 2.89. The highest BCUT2D eigenvalue weighted by Gasteiger charge is 2.16. The van der Waals surface area contributed by atoms with Gasteiger partial charge < -0.3 is 9.88 Å². The first-order chi connectivity index (χ1) is 8.35. The summed E-state index contributed by atoms with van der Waals surface area (Å²) in [5, 5.41) is 7.35. The summed E-state index contributed by atoms with van der Waals surface area (Å²) in [5.74, 6) is 1.10. The lowest BCUT2D eigenvalue weighted by Gasteiger charge is -2.15. The van der Waals surface area contributed by atoms with Crippen LogP contribution in [0.2, 0.25) is 0 Å². The average Bonchev–Trinajstić information content (AvgIpc) is 2.99. The lowest BCUT2D eigenvalue weighted by molar-refractivity contribution is 0.528. The molecule has 0 amide bonds. The van der Waals surface area contributed by atoms with Crippen LogP contribution in [0.3, 0.4) is 0 Å². The second-order valence-electron chi connectivity index (χ2n) is 3.76. The van der Waals surface area contributed by atoms with E-state index in [0.717, 1.165) is 30.2 Å². The normalized spacial score (nSPS) is 12.8. The van der Waals surface area contributed by atoms with Gasteiger partial charge in [-0.25, -0.2) is 4.98 Å². The van der Waals surface area contributed by atoms with Crippen LogP contribution in [0.4, 0.5) is 0 Å². The molecule has 1 unspecified atom stereocenters. The lowest BCUT2D eigenvalue weighted by Crippen LogP contribution is -2.23. The minimum Gasteiger partial charge on any atom is -0.335 e. The molecule has 0 saturated heterocycles. The summed E-state index contributed by atoms with van der Waals surface area (Å²) in [7, 11) is 0. The summed E-state index contributed by atoms with van der Waals surface area (Å²) >= 11 is 1.45. The predicted molar refractivity (Wildman–Crippen MR) is 67.9 cm³/mol. The number of hydrogen-bond donors (Lipinski definition) is 1. The van der Waals surface area contributed by atoms with E-state index in [9.17, 15) is 0 Å². The number of nitrogens with one attached hydrogen (secondary N) is 1. The van der Waals surface area contributed by atoms with Gasteiger partial charge in [0.05, 0.1) is 17.1 Å². The van der Waals surface area contributed by atoms with Gasteiger partial charge in [0.2, 0.25) is 0 Å². The fraction of sp³-hybridized carbons (Fsp3) is 0.545. The Hall–Kier alpha value is -1.27. The molecular weight excluding hydrogens is 234 g/mol. The van der Waals surface area contributed by atoms with Crippen LogP contribution in [0.15, 0.2) is 18.6 Å². The topological polar surface area (TPSA) is 55.6 Å². The quantitative estimate of drug-likeness (QED) is 0.848. The molecule has 6 heteroatoms. The second kappa shape index (κ2) is 5.88. The molecule has 1 N–H and O–H groups in total. The summed E-state index contributed by atoms with van der Waals surface area (Å²) in [6.07, 6.45) is 6.58. The number of aromatic nitrogens is 4. The molecule has 0 fully saturated rings. The second-order valence-corrected chi connectivity index (χ2v) is 4.58. The molecule has 2 aromatic heterocycles. The summed E-state index contributed by atoms with van der Waals surface area (Å²) < 4.78 is 6.09. The van der Waals surface area contributed by atoms with E-state index in [0.29, 0.717) is 0 Å². The molecule has 5 nitrogen and oxygen atoms in total. The van der Waals surface area contributed by atoms with Crippen LogP contribution >= 0.6 is 11.5 Å². The minimum absolute atomic E-state index is 0.257. The molecule has 2 aromatic rings. The van der Waals surface area contributed by atoms with Gasteiger partial charge in [-0.3, -0.25) is 0 Å². The van der Waals surface area contributed by atoms with Crippen LogP contribution in [0.5, 0.6) is 0 Å². The van der Waals surface area contributed by atoms with E-state index in [1.165, 1.54) is 11.5 Å². The van der Waals surface area contributed by atoms with E-state index in [-0.39, 0.29) is 6.04 Å². The molecule has 0 aromatic carbocycles. The Morgan fingerprint density at radius 1 is 1.47 bits per heavy atom. The van der Waals surface area contributed by atoms with E-state index in [2.05, 4.69) is 38.3 Å². The molecule has 0 aliphatic heterocycles.